The van der Waals surface area contributed by atoms with Gasteiger partial charge >= 0.3 is 11.7 Å². The number of nitrogens with one attached hydrogen (secondary N) is 1. The van der Waals surface area contributed by atoms with Crippen molar-refractivity contribution in [2.24, 2.45) is 0 Å². The Labute approximate surface area is 159 Å². The molecule has 1 atom stereocenters. The standard InChI is InChI=1S/C21H15N3O2S/c25-21-16(12-15-8-4-10-26-15)23-20-19(18-9-5-11-27-18)22-17(13-24(20)21)14-6-2-1-3-7-14/h1-11,13,16H,12H2/p+1. The van der Waals surface area contributed by atoms with Gasteiger partial charge in [0.15, 0.2) is 5.69 Å². The van der Waals surface area contributed by atoms with Gasteiger partial charge in [0.1, 0.15) is 17.7 Å². The van der Waals surface area contributed by atoms with E-state index in [1.54, 1.807) is 22.2 Å². The Bertz CT molecular complexity index is 1090. The van der Waals surface area contributed by atoms with E-state index < -0.39 is 0 Å². The van der Waals surface area contributed by atoms with Crippen molar-refractivity contribution in [1.82, 2.24) is 4.98 Å². The van der Waals surface area contributed by atoms with Crippen LogP contribution in [0.1, 0.15) is 10.6 Å². The Balaban J connectivity index is 1.62. The third-order valence-electron chi connectivity index (χ3n) is 4.60. The molecule has 0 fully saturated rings. The van der Waals surface area contributed by atoms with Crippen LogP contribution in [0, 0.1) is 0 Å². The molecule has 4 aromatic rings. The molecule has 0 saturated heterocycles. The van der Waals surface area contributed by atoms with E-state index in [0.717, 1.165) is 33.4 Å². The number of anilines is 1. The van der Waals surface area contributed by atoms with E-state index in [9.17, 15) is 4.79 Å². The first-order valence-electron chi connectivity index (χ1n) is 8.69. The number of nitrogens with zero attached hydrogens (tertiary/aromatic N) is 2. The van der Waals surface area contributed by atoms with Crippen LogP contribution < -0.4 is 9.88 Å². The van der Waals surface area contributed by atoms with Crippen molar-refractivity contribution in [3.05, 3.63) is 78.2 Å². The van der Waals surface area contributed by atoms with Crippen molar-refractivity contribution in [2.45, 2.75) is 12.5 Å². The zero-order valence-electron chi connectivity index (χ0n) is 14.3. The maximum absolute atomic E-state index is 13.1. The molecule has 27 heavy (non-hydrogen) atoms. The zero-order chi connectivity index (χ0) is 18.2. The summed E-state index contributed by atoms with van der Waals surface area (Å²) in [6, 6.07) is 17.3. The van der Waals surface area contributed by atoms with E-state index in [0.29, 0.717) is 6.42 Å². The first-order valence-corrected chi connectivity index (χ1v) is 9.57. The highest BCUT2D eigenvalue weighted by atomic mass is 32.1. The van der Waals surface area contributed by atoms with Gasteiger partial charge in [0.05, 0.1) is 17.6 Å². The molecule has 3 aromatic heterocycles. The summed E-state index contributed by atoms with van der Waals surface area (Å²) < 4.78 is 7.12. The van der Waals surface area contributed by atoms with Crippen LogP contribution in [0.4, 0.5) is 5.82 Å². The summed E-state index contributed by atoms with van der Waals surface area (Å²) in [5.41, 5.74) is 2.55. The number of carbonyl (C=O) groups excluding carboxylic acids is 1. The summed E-state index contributed by atoms with van der Waals surface area (Å²) in [7, 11) is 0. The third kappa shape index (κ3) is 2.84. The van der Waals surface area contributed by atoms with E-state index in [4.69, 9.17) is 9.40 Å². The summed E-state index contributed by atoms with van der Waals surface area (Å²) in [5, 5.41) is 5.37. The highest BCUT2D eigenvalue weighted by Crippen LogP contribution is 2.32. The number of furan rings is 1. The van der Waals surface area contributed by atoms with E-state index >= 15 is 0 Å². The lowest BCUT2D eigenvalue weighted by Crippen LogP contribution is -2.43. The minimum Gasteiger partial charge on any atom is -0.469 e. The molecule has 1 N–H and O–H groups in total. The molecule has 0 spiro atoms. The molecule has 132 valence electrons. The van der Waals surface area contributed by atoms with Crippen LogP contribution in [0.2, 0.25) is 0 Å². The minimum atomic E-state index is -0.373. The topological polar surface area (TPSA) is 59.0 Å². The van der Waals surface area contributed by atoms with Gasteiger partial charge in [0.25, 0.3) is 0 Å². The van der Waals surface area contributed by atoms with Gasteiger partial charge in [0.2, 0.25) is 6.04 Å². The van der Waals surface area contributed by atoms with Crippen molar-refractivity contribution in [1.29, 1.82) is 0 Å². The van der Waals surface area contributed by atoms with Crippen LogP contribution in [-0.4, -0.2) is 16.9 Å². The van der Waals surface area contributed by atoms with Crippen molar-refractivity contribution in [3.63, 3.8) is 0 Å². The summed E-state index contributed by atoms with van der Waals surface area (Å²) in [5.74, 6) is 1.51. The maximum atomic E-state index is 13.1. The summed E-state index contributed by atoms with van der Waals surface area (Å²) in [6.45, 7) is 0. The van der Waals surface area contributed by atoms with Crippen LogP contribution in [0.5, 0.6) is 0 Å². The predicted molar refractivity (Wildman–Crippen MR) is 104 cm³/mol. The molecule has 0 amide bonds. The Morgan fingerprint density at radius 1 is 1.11 bits per heavy atom. The largest absolute Gasteiger partial charge is 0.469 e. The van der Waals surface area contributed by atoms with Gasteiger partial charge in [-0.3, -0.25) is 5.32 Å². The highest BCUT2D eigenvalue weighted by molar-refractivity contribution is 7.13. The number of benzene rings is 1. The van der Waals surface area contributed by atoms with Crippen LogP contribution in [0.3, 0.4) is 0 Å². The zero-order valence-corrected chi connectivity index (χ0v) is 15.1. The molecule has 1 aromatic carbocycles. The first-order chi connectivity index (χ1) is 13.3. The maximum Gasteiger partial charge on any atom is 0.359 e. The fourth-order valence-corrected chi connectivity index (χ4v) is 4.03. The van der Waals surface area contributed by atoms with Crippen molar-refractivity contribution in [2.75, 3.05) is 5.32 Å². The second-order valence-electron chi connectivity index (χ2n) is 6.36. The Hall–Kier alpha value is -3.25. The van der Waals surface area contributed by atoms with Crippen LogP contribution in [0.15, 0.2) is 76.9 Å². The lowest BCUT2D eigenvalue weighted by molar-refractivity contribution is -0.551. The second-order valence-corrected chi connectivity index (χ2v) is 7.30. The summed E-state index contributed by atoms with van der Waals surface area (Å²) >= 11 is 1.61. The molecule has 0 saturated carbocycles. The van der Waals surface area contributed by atoms with E-state index in [2.05, 4.69) is 5.32 Å². The fraction of sp³-hybridized carbons (Fsp3) is 0.0952. The highest BCUT2D eigenvalue weighted by Gasteiger charge is 2.42. The molecule has 1 unspecified atom stereocenters. The average molecular weight is 374 g/mol. The van der Waals surface area contributed by atoms with Gasteiger partial charge in [-0.1, -0.05) is 36.4 Å². The normalized spacial score (nSPS) is 15.6. The van der Waals surface area contributed by atoms with E-state index in [1.165, 1.54) is 0 Å². The van der Waals surface area contributed by atoms with E-state index in [-0.39, 0.29) is 11.9 Å². The van der Waals surface area contributed by atoms with Gasteiger partial charge in [-0.15, -0.1) is 11.3 Å². The molecule has 5 nitrogen and oxygen atoms in total. The first kappa shape index (κ1) is 16.0. The molecule has 1 aliphatic rings. The number of thiophene rings is 1. The monoisotopic (exact) mass is 374 g/mol. The molecule has 4 heterocycles. The molecule has 0 aliphatic carbocycles. The summed E-state index contributed by atoms with van der Waals surface area (Å²) in [6.07, 6.45) is 3.94. The number of hydrogen-bond acceptors (Lipinski definition) is 5. The Morgan fingerprint density at radius 3 is 2.74 bits per heavy atom. The fourth-order valence-electron chi connectivity index (χ4n) is 3.31. The smallest absolute Gasteiger partial charge is 0.359 e. The molecule has 0 radical (unpaired) electrons. The molecular formula is C21H16N3O2S+. The Morgan fingerprint density at radius 2 is 2.00 bits per heavy atom. The second kappa shape index (κ2) is 6.48. The van der Waals surface area contributed by atoms with Gasteiger partial charge < -0.3 is 4.42 Å². The van der Waals surface area contributed by atoms with Gasteiger partial charge in [-0.25, -0.2) is 9.78 Å². The SMILES string of the molecule is O=C1C(Cc2ccco2)Nc2c(-c3cccs3)nc(-c3ccccc3)c[n+]21. The quantitative estimate of drug-likeness (QED) is 0.548. The summed E-state index contributed by atoms with van der Waals surface area (Å²) in [4.78, 5) is 19.0. The number of aromatic nitrogens is 2. The molecule has 0 bridgehead atoms. The molecular weight excluding hydrogens is 358 g/mol. The van der Waals surface area contributed by atoms with Gasteiger partial charge in [-0.2, -0.15) is 4.57 Å². The van der Waals surface area contributed by atoms with Crippen molar-refractivity contribution >= 4 is 23.1 Å². The van der Waals surface area contributed by atoms with Crippen LogP contribution in [-0.2, 0) is 6.42 Å². The van der Waals surface area contributed by atoms with Gasteiger partial charge in [-0.05, 0) is 23.6 Å². The van der Waals surface area contributed by atoms with Crippen molar-refractivity contribution in [3.8, 4) is 21.8 Å². The predicted octanol–water partition coefficient (Wildman–Crippen LogP) is 4.03. The lowest BCUT2D eigenvalue weighted by Gasteiger charge is -2.05. The Kier molecular flexibility index (Phi) is 3.83. The number of rotatable bonds is 4. The third-order valence-corrected chi connectivity index (χ3v) is 5.48. The average Bonchev–Trinajstić information content (AvgIpc) is 3.46. The van der Waals surface area contributed by atoms with E-state index in [1.807, 2.05) is 66.2 Å². The number of carbonyl (C=O) groups is 1. The lowest BCUT2D eigenvalue weighted by atomic mass is 10.1. The molecule has 1 aliphatic heterocycles. The molecule has 6 heteroatoms. The molecule has 5 rings (SSSR count). The number of fused-ring (bicyclic) bond motifs is 1. The van der Waals surface area contributed by atoms with Crippen molar-refractivity contribution < 1.29 is 13.8 Å². The minimum absolute atomic E-state index is 0.00112. The van der Waals surface area contributed by atoms with Crippen LogP contribution in [0.25, 0.3) is 21.8 Å². The number of hydrogen-bond donors (Lipinski definition) is 1. The van der Waals surface area contributed by atoms with Crippen LogP contribution >= 0.6 is 11.3 Å². The van der Waals surface area contributed by atoms with Gasteiger partial charge in [0, 0.05) is 5.56 Å².